The fourth-order valence-corrected chi connectivity index (χ4v) is 3.08. The van der Waals surface area contributed by atoms with Crippen LogP contribution >= 0.6 is 11.3 Å². The molecule has 1 atom stereocenters. The molecule has 1 aromatic heterocycles. The lowest BCUT2D eigenvalue weighted by Gasteiger charge is -2.13. The van der Waals surface area contributed by atoms with Gasteiger partial charge in [0, 0.05) is 21.0 Å². The molecular weight excluding hydrogens is 326 g/mol. The van der Waals surface area contributed by atoms with Crippen molar-refractivity contribution in [2.24, 2.45) is 0 Å². The number of ether oxygens (including phenoxy) is 1. The maximum Gasteiger partial charge on any atom is 0.340 e. The number of Topliss-reactive ketones (excluding diaryl/α,β-unsaturated/α-hetero) is 1. The van der Waals surface area contributed by atoms with Gasteiger partial charge < -0.3 is 10.1 Å². The van der Waals surface area contributed by atoms with E-state index in [1.165, 1.54) is 25.2 Å². The van der Waals surface area contributed by atoms with Crippen molar-refractivity contribution < 1.29 is 19.1 Å². The van der Waals surface area contributed by atoms with Crippen LogP contribution in [0.1, 0.15) is 44.3 Å². The summed E-state index contributed by atoms with van der Waals surface area (Å²) in [5, 5.41) is 2.65. The number of esters is 1. The van der Waals surface area contributed by atoms with Gasteiger partial charge in [-0.3, -0.25) is 9.59 Å². The van der Waals surface area contributed by atoms with Gasteiger partial charge >= 0.3 is 5.97 Å². The van der Waals surface area contributed by atoms with Crippen molar-refractivity contribution >= 4 is 34.7 Å². The Hall–Kier alpha value is -2.47. The van der Waals surface area contributed by atoms with Crippen LogP contribution in [0.15, 0.2) is 30.3 Å². The van der Waals surface area contributed by atoms with Crippen LogP contribution in [0, 0.1) is 13.8 Å². The SMILES string of the molecule is CC(=O)c1cccc(NC(=O)[C@@H](C)OC(=O)c2cc(C)sc2C)c1. The summed E-state index contributed by atoms with van der Waals surface area (Å²) in [5.74, 6) is -1.06. The third-order valence-electron chi connectivity index (χ3n) is 3.45. The van der Waals surface area contributed by atoms with E-state index >= 15 is 0 Å². The molecule has 24 heavy (non-hydrogen) atoms. The van der Waals surface area contributed by atoms with Crippen molar-refractivity contribution in [1.82, 2.24) is 0 Å². The smallest absolute Gasteiger partial charge is 0.340 e. The van der Waals surface area contributed by atoms with Gasteiger partial charge in [0.15, 0.2) is 11.9 Å². The molecule has 1 amide bonds. The molecule has 0 saturated heterocycles. The zero-order valence-electron chi connectivity index (χ0n) is 14.0. The van der Waals surface area contributed by atoms with Crippen LogP contribution in [0.4, 0.5) is 5.69 Å². The Morgan fingerprint density at radius 2 is 1.88 bits per heavy atom. The number of aryl methyl sites for hydroxylation is 2. The maximum atomic E-state index is 12.2. The van der Waals surface area contributed by atoms with E-state index in [1.807, 2.05) is 13.8 Å². The fraction of sp³-hybridized carbons (Fsp3) is 0.278. The molecule has 0 unspecified atom stereocenters. The first-order chi connectivity index (χ1) is 11.3. The number of amides is 1. The van der Waals surface area contributed by atoms with Crippen molar-refractivity contribution in [2.75, 3.05) is 5.32 Å². The molecule has 1 heterocycles. The van der Waals surface area contributed by atoms with E-state index in [9.17, 15) is 14.4 Å². The highest BCUT2D eigenvalue weighted by atomic mass is 32.1. The Bertz CT molecular complexity index is 794. The topological polar surface area (TPSA) is 72.5 Å². The molecule has 0 aliphatic heterocycles. The molecule has 1 N–H and O–H groups in total. The summed E-state index contributed by atoms with van der Waals surface area (Å²) in [5.41, 5.74) is 1.47. The molecular formula is C18H19NO4S. The molecule has 1 aromatic carbocycles. The zero-order valence-corrected chi connectivity index (χ0v) is 14.8. The quantitative estimate of drug-likeness (QED) is 0.662. The average molecular weight is 345 g/mol. The van der Waals surface area contributed by atoms with Crippen LogP contribution in [0.3, 0.4) is 0 Å². The lowest BCUT2D eigenvalue weighted by molar-refractivity contribution is -0.123. The van der Waals surface area contributed by atoms with Gasteiger partial charge in [0.05, 0.1) is 5.56 Å². The van der Waals surface area contributed by atoms with Gasteiger partial charge in [-0.05, 0) is 45.9 Å². The van der Waals surface area contributed by atoms with Gasteiger partial charge in [-0.25, -0.2) is 4.79 Å². The van der Waals surface area contributed by atoms with Gasteiger partial charge in [0.2, 0.25) is 0 Å². The van der Waals surface area contributed by atoms with Crippen molar-refractivity contribution in [2.45, 2.75) is 33.8 Å². The number of carbonyl (C=O) groups is 3. The van der Waals surface area contributed by atoms with Crippen molar-refractivity contribution in [1.29, 1.82) is 0 Å². The molecule has 0 saturated carbocycles. The Balaban J connectivity index is 2.02. The van der Waals surface area contributed by atoms with Gasteiger partial charge in [-0.2, -0.15) is 0 Å². The summed E-state index contributed by atoms with van der Waals surface area (Å²) >= 11 is 1.51. The van der Waals surface area contributed by atoms with Crippen LogP contribution < -0.4 is 5.32 Å². The van der Waals surface area contributed by atoms with E-state index in [-0.39, 0.29) is 5.78 Å². The van der Waals surface area contributed by atoms with E-state index in [0.29, 0.717) is 16.8 Å². The number of anilines is 1. The van der Waals surface area contributed by atoms with Crippen molar-refractivity contribution in [3.63, 3.8) is 0 Å². The summed E-state index contributed by atoms with van der Waals surface area (Å²) in [4.78, 5) is 37.6. The lowest BCUT2D eigenvalue weighted by atomic mass is 10.1. The minimum atomic E-state index is -0.946. The second kappa shape index (κ2) is 7.40. The second-order valence-corrected chi connectivity index (χ2v) is 6.96. The molecule has 0 radical (unpaired) electrons. The zero-order chi connectivity index (χ0) is 17.9. The van der Waals surface area contributed by atoms with Gasteiger partial charge in [-0.1, -0.05) is 12.1 Å². The van der Waals surface area contributed by atoms with Gasteiger partial charge in [-0.15, -0.1) is 11.3 Å². The van der Waals surface area contributed by atoms with E-state index < -0.39 is 18.0 Å². The maximum absolute atomic E-state index is 12.2. The summed E-state index contributed by atoms with van der Waals surface area (Å²) in [7, 11) is 0. The normalized spacial score (nSPS) is 11.7. The monoisotopic (exact) mass is 345 g/mol. The first-order valence-corrected chi connectivity index (χ1v) is 8.29. The van der Waals surface area contributed by atoms with Crippen molar-refractivity contribution in [3.05, 3.63) is 51.2 Å². The predicted octanol–water partition coefficient (Wildman–Crippen LogP) is 3.75. The third-order valence-corrected chi connectivity index (χ3v) is 4.42. The molecule has 5 nitrogen and oxygen atoms in total. The Morgan fingerprint density at radius 3 is 2.46 bits per heavy atom. The Kier molecular flexibility index (Phi) is 5.51. The number of hydrogen-bond donors (Lipinski definition) is 1. The second-order valence-electron chi connectivity index (χ2n) is 5.50. The van der Waals surface area contributed by atoms with E-state index in [0.717, 1.165) is 9.75 Å². The number of benzene rings is 1. The van der Waals surface area contributed by atoms with E-state index in [1.54, 1.807) is 30.3 Å². The standard InChI is InChI=1S/C18H19NO4S/c1-10-8-16(13(4)24-10)18(22)23-12(3)17(21)19-15-7-5-6-14(9-15)11(2)20/h5-9,12H,1-4H3,(H,19,21)/t12-/m1/s1. The predicted molar refractivity (Wildman–Crippen MR) is 93.7 cm³/mol. The summed E-state index contributed by atoms with van der Waals surface area (Å²) in [6.07, 6.45) is -0.946. The number of ketones is 1. The molecule has 0 fully saturated rings. The minimum Gasteiger partial charge on any atom is -0.449 e. The number of nitrogens with one attached hydrogen (secondary N) is 1. The van der Waals surface area contributed by atoms with E-state index in [2.05, 4.69) is 5.32 Å². The highest BCUT2D eigenvalue weighted by Gasteiger charge is 2.21. The molecule has 0 spiro atoms. The molecule has 2 aromatic rings. The Morgan fingerprint density at radius 1 is 1.17 bits per heavy atom. The van der Waals surface area contributed by atoms with Crippen LogP contribution in [0.25, 0.3) is 0 Å². The summed E-state index contributed by atoms with van der Waals surface area (Å²) < 4.78 is 5.23. The first-order valence-electron chi connectivity index (χ1n) is 7.48. The number of thiophene rings is 1. The van der Waals surface area contributed by atoms with Gasteiger partial charge in [0.25, 0.3) is 5.91 Å². The molecule has 0 bridgehead atoms. The molecule has 0 aliphatic rings. The van der Waals surface area contributed by atoms with Crippen molar-refractivity contribution in [3.8, 4) is 0 Å². The molecule has 126 valence electrons. The third kappa shape index (κ3) is 4.29. The van der Waals surface area contributed by atoms with Crippen LogP contribution in [-0.2, 0) is 9.53 Å². The largest absolute Gasteiger partial charge is 0.449 e. The Labute approximate surface area is 144 Å². The highest BCUT2D eigenvalue weighted by molar-refractivity contribution is 7.12. The van der Waals surface area contributed by atoms with Gasteiger partial charge in [0.1, 0.15) is 0 Å². The fourth-order valence-electron chi connectivity index (χ4n) is 2.17. The first kappa shape index (κ1) is 17.9. The number of rotatable bonds is 5. The number of carbonyl (C=O) groups excluding carboxylic acids is 3. The molecule has 0 aliphatic carbocycles. The van der Waals surface area contributed by atoms with Crippen LogP contribution in [-0.4, -0.2) is 23.8 Å². The lowest BCUT2D eigenvalue weighted by Crippen LogP contribution is -2.30. The van der Waals surface area contributed by atoms with E-state index in [4.69, 9.17) is 4.74 Å². The average Bonchev–Trinajstić information content (AvgIpc) is 2.86. The summed E-state index contributed by atoms with van der Waals surface area (Å²) in [6, 6.07) is 8.36. The molecule has 6 heteroatoms. The summed E-state index contributed by atoms with van der Waals surface area (Å²) in [6.45, 7) is 6.71. The number of hydrogen-bond acceptors (Lipinski definition) is 5. The minimum absolute atomic E-state index is 0.0890. The highest BCUT2D eigenvalue weighted by Crippen LogP contribution is 2.22. The van der Waals surface area contributed by atoms with Crippen LogP contribution in [0.2, 0.25) is 0 Å². The van der Waals surface area contributed by atoms with Crippen LogP contribution in [0.5, 0.6) is 0 Å². The molecule has 2 rings (SSSR count).